The highest BCUT2D eigenvalue weighted by Crippen LogP contribution is 2.34. The number of nitrogens with two attached hydrogens (primary N) is 1. The van der Waals surface area contributed by atoms with Crippen molar-refractivity contribution in [2.45, 2.75) is 30.7 Å². The summed E-state index contributed by atoms with van der Waals surface area (Å²) in [5.41, 5.74) is 6.40. The van der Waals surface area contributed by atoms with Gasteiger partial charge in [0.2, 0.25) is 10.0 Å². The van der Waals surface area contributed by atoms with Gasteiger partial charge < -0.3 is 10.6 Å². The van der Waals surface area contributed by atoms with Gasteiger partial charge >= 0.3 is 0 Å². The van der Waals surface area contributed by atoms with Gasteiger partial charge in [-0.1, -0.05) is 19.1 Å². The Morgan fingerprint density at radius 1 is 1.37 bits per heavy atom. The predicted octanol–water partition coefficient (Wildman–Crippen LogP) is 0.912. The van der Waals surface area contributed by atoms with E-state index in [1.807, 2.05) is 12.1 Å². The summed E-state index contributed by atoms with van der Waals surface area (Å²) in [5.74, 6) is 0. The minimum Gasteiger partial charge on any atom is -0.366 e. The van der Waals surface area contributed by atoms with Gasteiger partial charge in [-0.2, -0.15) is 0 Å². The van der Waals surface area contributed by atoms with E-state index in [2.05, 4.69) is 9.62 Å². The van der Waals surface area contributed by atoms with Gasteiger partial charge in [-0.15, -0.1) is 0 Å². The van der Waals surface area contributed by atoms with E-state index in [1.54, 1.807) is 19.1 Å². The predicted molar refractivity (Wildman–Crippen MR) is 76.7 cm³/mol. The quantitative estimate of drug-likeness (QED) is 0.780. The van der Waals surface area contributed by atoms with E-state index in [0.29, 0.717) is 30.6 Å². The second-order valence-electron chi connectivity index (χ2n) is 4.68. The summed E-state index contributed by atoms with van der Waals surface area (Å²) < 4.78 is 27.0. The summed E-state index contributed by atoms with van der Waals surface area (Å²) in [6.07, 6.45) is 2.21. The lowest BCUT2D eigenvalue weighted by atomic mass is 10.2. The SMILES string of the molecule is CCNS(=O)(=O)c1ccccc1N(CCN)C1CC1. The smallest absolute Gasteiger partial charge is 0.242 e. The fourth-order valence-electron chi connectivity index (χ4n) is 2.21. The fraction of sp³-hybridized carbons (Fsp3) is 0.538. The van der Waals surface area contributed by atoms with E-state index in [9.17, 15) is 8.42 Å². The normalized spacial score (nSPS) is 15.5. The molecule has 0 heterocycles. The summed E-state index contributed by atoms with van der Waals surface area (Å²) in [6.45, 7) is 3.37. The highest BCUT2D eigenvalue weighted by atomic mass is 32.2. The third-order valence-electron chi connectivity index (χ3n) is 3.16. The molecule has 3 N–H and O–H groups in total. The molecule has 19 heavy (non-hydrogen) atoms. The summed E-state index contributed by atoms with van der Waals surface area (Å²) in [6, 6.07) is 7.56. The summed E-state index contributed by atoms with van der Waals surface area (Å²) >= 11 is 0. The van der Waals surface area contributed by atoms with Crippen molar-refractivity contribution in [1.29, 1.82) is 0 Å². The van der Waals surface area contributed by atoms with Crippen molar-refractivity contribution >= 4 is 15.7 Å². The first kappa shape index (κ1) is 14.3. The Morgan fingerprint density at radius 3 is 2.63 bits per heavy atom. The maximum absolute atomic E-state index is 12.2. The largest absolute Gasteiger partial charge is 0.366 e. The fourth-order valence-corrected chi connectivity index (χ4v) is 3.47. The number of hydrogen-bond donors (Lipinski definition) is 2. The number of benzene rings is 1. The van der Waals surface area contributed by atoms with Crippen molar-refractivity contribution < 1.29 is 8.42 Å². The van der Waals surface area contributed by atoms with Crippen molar-refractivity contribution in [3.05, 3.63) is 24.3 Å². The van der Waals surface area contributed by atoms with Gasteiger partial charge in [0.25, 0.3) is 0 Å². The van der Waals surface area contributed by atoms with Crippen LogP contribution in [0.15, 0.2) is 29.2 Å². The van der Waals surface area contributed by atoms with Crippen molar-refractivity contribution in [3.8, 4) is 0 Å². The second-order valence-corrected chi connectivity index (χ2v) is 6.42. The monoisotopic (exact) mass is 283 g/mol. The minimum absolute atomic E-state index is 0.345. The number of sulfonamides is 1. The van der Waals surface area contributed by atoms with E-state index >= 15 is 0 Å². The third kappa shape index (κ3) is 3.26. The van der Waals surface area contributed by atoms with Crippen LogP contribution in [0.2, 0.25) is 0 Å². The molecule has 106 valence electrons. The highest BCUT2D eigenvalue weighted by Gasteiger charge is 2.31. The molecule has 0 spiro atoms. The van der Waals surface area contributed by atoms with Crippen LogP contribution in [0.1, 0.15) is 19.8 Å². The Morgan fingerprint density at radius 2 is 2.05 bits per heavy atom. The van der Waals surface area contributed by atoms with E-state index in [4.69, 9.17) is 5.73 Å². The first-order valence-corrected chi connectivity index (χ1v) is 8.14. The number of hydrogen-bond acceptors (Lipinski definition) is 4. The van der Waals surface area contributed by atoms with Gasteiger partial charge in [-0.3, -0.25) is 0 Å². The second kappa shape index (κ2) is 5.90. The molecular weight excluding hydrogens is 262 g/mol. The molecule has 5 nitrogen and oxygen atoms in total. The van der Waals surface area contributed by atoms with Crippen LogP contribution in [-0.4, -0.2) is 34.1 Å². The first-order chi connectivity index (χ1) is 9.10. The zero-order valence-electron chi connectivity index (χ0n) is 11.2. The maximum atomic E-state index is 12.2. The Hall–Kier alpha value is -1.11. The molecular formula is C13H21N3O2S. The average Bonchev–Trinajstić information content (AvgIpc) is 3.20. The zero-order chi connectivity index (χ0) is 13.9. The lowest BCUT2D eigenvalue weighted by molar-refractivity contribution is 0.583. The Labute approximate surface area is 114 Å². The van der Waals surface area contributed by atoms with Crippen molar-refractivity contribution in [2.24, 2.45) is 5.73 Å². The molecule has 1 aliphatic carbocycles. The molecule has 0 aliphatic heterocycles. The van der Waals surface area contributed by atoms with Gasteiger partial charge in [0.15, 0.2) is 0 Å². The van der Waals surface area contributed by atoms with Crippen LogP contribution in [0.4, 0.5) is 5.69 Å². The molecule has 0 bridgehead atoms. The molecule has 0 atom stereocenters. The first-order valence-electron chi connectivity index (χ1n) is 6.65. The van der Waals surface area contributed by atoms with Gasteiger partial charge in [0.05, 0.1) is 5.69 Å². The number of nitrogens with one attached hydrogen (secondary N) is 1. The number of anilines is 1. The number of nitrogens with zero attached hydrogens (tertiary/aromatic N) is 1. The minimum atomic E-state index is -3.44. The van der Waals surface area contributed by atoms with Crippen LogP contribution in [0.5, 0.6) is 0 Å². The van der Waals surface area contributed by atoms with Crippen LogP contribution < -0.4 is 15.4 Å². The van der Waals surface area contributed by atoms with E-state index in [1.165, 1.54) is 0 Å². The average molecular weight is 283 g/mol. The van der Waals surface area contributed by atoms with E-state index < -0.39 is 10.0 Å². The Balaban J connectivity index is 2.39. The molecule has 1 fully saturated rings. The Bertz CT molecular complexity index is 526. The summed E-state index contributed by atoms with van der Waals surface area (Å²) in [4.78, 5) is 2.46. The van der Waals surface area contributed by atoms with Crippen molar-refractivity contribution in [3.63, 3.8) is 0 Å². The molecule has 1 aromatic rings. The molecule has 0 saturated heterocycles. The van der Waals surface area contributed by atoms with Gasteiger partial charge in [0.1, 0.15) is 4.90 Å². The highest BCUT2D eigenvalue weighted by molar-refractivity contribution is 7.89. The molecule has 0 aromatic heterocycles. The van der Waals surface area contributed by atoms with Crippen molar-refractivity contribution in [2.75, 3.05) is 24.5 Å². The van der Waals surface area contributed by atoms with Crippen LogP contribution in [0, 0.1) is 0 Å². The molecule has 6 heteroatoms. The third-order valence-corrected chi connectivity index (χ3v) is 4.75. The maximum Gasteiger partial charge on any atom is 0.242 e. The lowest BCUT2D eigenvalue weighted by Crippen LogP contribution is -2.34. The molecule has 2 rings (SSSR count). The molecule has 1 aromatic carbocycles. The van der Waals surface area contributed by atoms with E-state index in [0.717, 1.165) is 18.5 Å². The Kier molecular flexibility index (Phi) is 4.44. The zero-order valence-corrected chi connectivity index (χ0v) is 12.0. The van der Waals surface area contributed by atoms with Gasteiger partial charge in [-0.25, -0.2) is 13.1 Å². The lowest BCUT2D eigenvalue weighted by Gasteiger charge is -2.26. The van der Waals surface area contributed by atoms with Crippen LogP contribution >= 0.6 is 0 Å². The van der Waals surface area contributed by atoms with Gasteiger partial charge in [-0.05, 0) is 25.0 Å². The standard InChI is InChI=1S/C13H21N3O2S/c1-2-15-19(17,18)13-6-4-3-5-12(13)16(10-9-14)11-7-8-11/h3-6,11,15H,2,7-10,14H2,1H3. The van der Waals surface area contributed by atoms with Crippen molar-refractivity contribution in [1.82, 2.24) is 4.72 Å². The topological polar surface area (TPSA) is 75.4 Å². The molecule has 1 aliphatic rings. The van der Waals surface area contributed by atoms with Crippen LogP contribution in [0.3, 0.4) is 0 Å². The number of para-hydroxylation sites is 1. The molecule has 0 radical (unpaired) electrons. The summed E-state index contributed by atoms with van der Waals surface area (Å²) in [5, 5.41) is 0. The molecule has 0 unspecified atom stereocenters. The molecule has 1 saturated carbocycles. The molecule has 0 amide bonds. The number of rotatable bonds is 7. The summed E-state index contributed by atoms with van der Waals surface area (Å²) in [7, 11) is -3.44. The van der Waals surface area contributed by atoms with Gasteiger partial charge in [0, 0.05) is 25.7 Å². The van der Waals surface area contributed by atoms with Crippen LogP contribution in [-0.2, 0) is 10.0 Å². The van der Waals surface area contributed by atoms with Crippen LogP contribution in [0.25, 0.3) is 0 Å². The van der Waals surface area contributed by atoms with E-state index in [-0.39, 0.29) is 0 Å².